The van der Waals surface area contributed by atoms with Gasteiger partial charge in [0, 0.05) is 49.5 Å². The van der Waals surface area contributed by atoms with Gasteiger partial charge >= 0.3 is 0 Å². The molecule has 3 heterocycles. The normalized spacial score (nSPS) is 16.5. The van der Waals surface area contributed by atoms with Crippen LogP contribution in [0.2, 0.25) is 5.02 Å². The maximum Gasteiger partial charge on any atom is 0.254 e. The van der Waals surface area contributed by atoms with E-state index >= 15 is 0 Å². The summed E-state index contributed by atoms with van der Waals surface area (Å²) in [7, 11) is 1.79. The smallest absolute Gasteiger partial charge is 0.254 e. The van der Waals surface area contributed by atoms with E-state index in [4.69, 9.17) is 16.3 Å². The molecule has 0 bridgehead atoms. The van der Waals surface area contributed by atoms with E-state index in [1.165, 1.54) is 0 Å². The van der Waals surface area contributed by atoms with Gasteiger partial charge in [0.1, 0.15) is 6.54 Å². The molecule has 0 saturated carbocycles. The first-order valence-corrected chi connectivity index (χ1v) is 12.1. The van der Waals surface area contributed by atoms with Crippen LogP contribution in [-0.4, -0.2) is 70.0 Å². The minimum Gasteiger partial charge on any atom is -0.381 e. The zero-order valence-corrected chi connectivity index (χ0v) is 21.0. The fourth-order valence-corrected chi connectivity index (χ4v) is 4.34. The first-order chi connectivity index (χ1) is 16.2. The molecule has 4 rings (SSSR count). The Morgan fingerprint density at radius 1 is 1.32 bits per heavy atom. The number of halogens is 1. The molecule has 9 heteroatoms. The van der Waals surface area contributed by atoms with E-state index in [0.717, 1.165) is 43.6 Å². The number of carbonyl (C=O) groups excluding carboxylic acids is 2. The van der Waals surface area contributed by atoms with Gasteiger partial charge in [0.2, 0.25) is 11.9 Å². The molecule has 2 aromatic rings. The molecule has 34 heavy (non-hydrogen) atoms. The molecule has 0 radical (unpaired) electrons. The predicted molar refractivity (Wildman–Crippen MR) is 132 cm³/mol. The summed E-state index contributed by atoms with van der Waals surface area (Å²) in [4.78, 5) is 38.2. The average molecular weight is 486 g/mol. The van der Waals surface area contributed by atoms with Gasteiger partial charge in [-0.1, -0.05) is 30.7 Å². The highest BCUT2D eigenvalue weighted by molar-refractivity contribution is 6.33. The second kappa shape index (κ2) is 9.88. The molecule has 0 aliphatic carbocycles. The molecule has 1 aromatic carbocycles. The Balaban J connectivity index is 1.51. The summed E-state index contributed by atoms with van der Waals surface area (Å²) in [5.74, 6) is 0.279. The molecule has 2 amide bonds. The van der Waals surface area contributed by atoms with Crippen LogP contribution < -0.4 is 5.32 Å². The number of likely N-dealkylation sites (N-methyl/N-ethyl adjacent to an activating group) is 1. The van der Waals surface area contributed by atoms with Crippen LogP contribution in [-0.2, 0) is 16.1 Å². The van der Waals surface area contributed by atoms with Crippen LogP contribution in [0.3, 0.4) is 0 Å². The molecule has 1 aromatic heterocycles. The van der Waals surface area contributed by atoms with Gasteiger partial charge in [0.25, 0.3) is 5.91 Å². The van der Waals surface area contributed by atoms with Crippen LogP contribution in [0, 0.1) is 0 Å². The van der Waals surface area contributed by atoms with Crippen molar-refractivity contribution in [2.75, 3.05) is 32.1 Å². The van der Waals surface area contributed by atoms with Gasteiger partial charge < -0.3 is 19.9 Å². The standard InChI is InChI=1S/C25H32ClN5O3/c1-5-25(2,3)30(4)21(32)15-31-14-17-7-6-16(12-19(17)23(31)33)22-20(26)13-27-24(29-22)28-18-8-10-34-11-9-18/h6-7,12-13,18H,5,8-11,14-15H2,1-4H3,(H,27,28,29). The van der Waals surface area contributed by atoms with E-state index < -0.39 is 0 Å². The number of carbonyl (C=O) groups is 2. The fraction of sp³-hybridized carbons (Fsp3) is 0.520. The monoisotopic (exact) mass is 485 g/mol. The van der Waals surface area contributed by atoms with Crippen LogP contribution in [0.15, 0.2) is 24.4 Å². The Labute approximate surface area is 205 Å². The zero-order chi connectivity index (χ0) is 24.5. The van der Waals surface area contributed by atoms with Crippen LogP contribution in [0.1, 0.15) is 56.0 Å². The van der Waals surface area contributed by atoms with Crippen molar-refractivity contribution < 1.29 is 14.3 Å². The van der Waals surface area contributed by atoms with Gasteiger partial charge in [0.05, 0.1) is 16.9 Å². The molecule has 2 aliphatic rings. The third-order valence-corrected chi connectivity index (χ3v) is 7.31. The van der Waals surface area contributed by atoms with Crippen molar-refractivity contribution in [1.29, 1.82) is 0 Å². The molecule has 1 N–H and O–H groups in total. The summed E-state index contributed by atoms with van der Waals surface area (Å²) >= 11 is 6.43. The number of amides is 2. The lowest BCUT2D eigenvalue weighted by molar-refractivity contribution is -0.135. The van der Waals surface area contributed by atoms with Crippen molar-refractivity contribution in [3.05, 3.63) is 40.5 Å². The number of nitrogens with one attached hydrogen (secondary N) is 1. The van der Waals surface area contributed by atoms with E-state index in [2.05, 4.69) is 15.3 Å². The lowest BCUT2D eigenvalue weighted by Gasteiger charge is -2.35. The third-order valence-electron chi connectivity index (χ3n) is 7.03. The summed E-state index contributed by atoms with van der Waals surface area (Å²) in [6.45, 7) is 7.99. The average Bonchev–Trinajstić information content (AvgIpc) is 3.14. The molecular formula is C25H32ClN5O3. The maximum absolute atomic E-state index is 13.1. The quantitative estimate of drug-likeness (QED) is 0.638. The number of aromatic nitrogens is 2. The van der Waals surface area contributed by atoms with Gasteiger partial charge in [-0.2, -0.15) is 0 Å². The predicted octanol–water partition coefficient (Wildman–Crippen LogP) is 3.99. The third kappa shape index (κ3) is 5.03. The fourth-order valence-electron chi connectivity index (χ4n) is 4.14. The van der Waals surface area contributed by atoms with Gasteiger partial charge in [-0.05, 0) is 44.7 Å². The number of fused-ring (bicyclic) bond motifs is 1. The minimum atomic E-state index is -0.264. The van der Waals surface area contributed by atoms with E-state index in [0.29, 0.717) is 28.8 Å². The minimum absolute atomic E-state index is 0.0518. The lowest BCUT2D eigenvalue weighted by Crippen LogP contribution is -2.48. The summed E-state index contributed by atoms with van der Waals surface area (Å²) < 4.78 is 5.41. The van der Waals surface area contributed by atoms with Gasteiger partial charge in [-0.15, -0.1) is 0 Å². The van der Waals surface area contributed by atoms with Crippen molar-refractivity contribution in [2.24, 2.45) is 0 Å². The van der Waals surface area contributed by atoms with Gasteiger partial charge in [-0.3, -0.25) is 9.59 Å². The van der Waals surface area contributed by atoms with E-state index in [9.17, 15) is 9.59 Å². The second-order valence-corrected chi connectivity index (χ2v) is 9.98. The largest absolute Gasteiger partial charge is 0.381 e. The highest BCUT2D eigenvalue weighted by Crippen LogP contribution is 2.32. The van der Waals surface area contributed by atoms with Crippen LogP contribution in [0.5, 0.6) is 0 Å². The van der Waals surface area contributed by atoms with Crippen LogP contribution >= 0.6 is 11.6 Å². The molecular weight excluding hydrogens is 454 g/mol. The number of anilines is 1. The number of hydrogen-bond acceptors (Lipinski definition) is 6. The summed E-state index contributed by atoms with van der Waals surface area (Å²) in [6.07, 6.45) is 4.20. The van der Waals surface area contributed by atoms with Gasteiger partial charge in [-0.25, -0.2) is 9.97 Å². The number of ether oxygens (including phenoxy) is 1. The number of rotatable bonds is 7. The highest BCUT2D eigenvalue weighted by Gasteiger charge is 2.33. The Kier molecular flexibility index (Phi) is 7.09. The van der Waals surface area contributed by atoms with Gasteiger partial charge in [0.15, 0.2) is 0 Å². The Hall–Kier alpha value is -2.71. The Morgan fingerprint density at radius 2 is 2.06 bits per heavy atom. The summed E-state index contributed by atoms with van der Waals surface area (Å²) in [6, 6.07) is 5.90. The summed E-state index contributed by atoms with van der Waals surface area (Å²) in [5.41, 5.74) is 2.52. The first kappa shape index (κ1) is 24.4. The molecule has 2 aliphatic heterocycles. The van der Waals surface area contributed by atoms with Crippen molar-refractivity contribution in [3.8, 4) is 11.3 Å². The molecule has 0 unspecified atom stereocenters. The van der Waals surface area contributed by atoms with E-state index in [-0.39, 0.29) is 29.9 Å². The molecule has 8 nitrogen and oxygen atoms in total. The summed E-state index contributed by atoms with van der Waals surface area (Å²) in [5, 5.41) is 3.77. The zero-order valence-electron chi connectivity index (χ0n) is 20.2. The topological polar surface area (TPSA) is 87.7 Å². The van der Waals surface area contributed by atoms with E-state index in [1.54, 1.807) is 23.0 Å². The van der Waals surface area contributed by atoms with E-state index in [1.807, 2.05) is 39.0 Å². The molecule has 182 valence electrons. The number of hydrogen-bond donors (Lipinski definition) is 1. The number of benzene rings is 1. The SMILES string of the molecule is CCC(C)(C)N(C)C(=O)CN1Cc2ccc(-c3nc(NC4CCOCC4)ncc3Cl)cc2C1=O. The number of nitrogens with zero attached hydrogens (tertiary/aromatic N) is 4. The Morgan fingerprint density at radius 3 is 2.76 bits per heavy atom. The molecule has 0 atom stereocenters. The second-order valence-electron chi connectivity index (χ2n) is 9.57. The maximum atomic E-state index is 13.1. The highest BCUT2D eigenvalue weighted by atomic mass is 35.5. The van der Waals surface area contributed by atoms with Crippen molar-refractivity contribution >= 4 is 29.4 Å². The molecule has 1 saturated heterocycles. The Bertz CT molecular complexity index is 1080. The van der Waals surface area contributed by atoms with Crippen molar-refractivity contribution in [3.63, 3.8) is 0 Å². The van der Waals surface area contributed by atoms with Crippen LogP contribution in [0.4, 0.5) is 5.95 Å². The van der Waals surface area contributed by atoms with Crippen LogP contribution in [0.25, 0.3) is 11.3 Å². The van der Waals surface area contributed by atoms with Crippen molar-refractivity contribution in [1.82, 2.24) is 19.8 Å². The first-order valence-electron chi connectivity index (χ1n) is 11.8. The molecule has 1 fully saturated rings. The lowest BCUT2D eigenvalue weighted by atomic mass is 10.00. The van der Waals surface area contributed by atoms with Crippen molar-refractivity contribution in [2.45, 2.75) is 58.2 Å². The molecule has 0 spiro atoms.